The van der Waals surface area contributed by atoms with Gasteiger partial charge >= 0.3 is 0 Å². The van der Waals surface area contributed by atoms with Gasteiger partial charge in [-0.25, -0.2) is 4.98 Å². The van der Waals surface area contributed by atoms with E-state index in [1.54, 1.807) is 0 Å². The predicted molar refractivity (Wildman–Crippen MR) is 96.7 cm³/mol. The van der Waals surface area contributed by atoms with Gasteiger partial charge in [0.2, 0.25) is 0 Å². The third-order valence-electron chi connectivity index (χ3n) is 3.66. The second-order valence-electron chi connectivity index (χ2n) is 5.59. The van der Waals surface area contributed by atoms with E-state index in [4.69, 9.17) is 11.6 Å². The van der Waals surface area contributed by atoms with Crippen molar-refractivity contribution in [1.82, 2.24) is 9.55 Å². The molecule has 2 aromatic carbocycles. The van der Waals surface area contributed by atoms with Crippen LogP contribution in [0.25, 0.3) is 6.08 Å². The SMILES string of the molecule is CC=Cc1cccc(Cc2cn(Cc3ccc(Cl)cc3)cn2)c1. The molecular weight excluding hydrogens is 304 g/mol. The van der Waals surface area contributed by atoms with Gasteiger partial charge in [-0.1, -0.05) is 60.2 Å². The number of aromatic nitrogens is 2. The third-order valence-corrected chi connectivity index (χ3v) is 3.91. The maximum Gasteiger partial charge on any atom is 0.0952 e. The zero-order valence-corrected chi connectivity index (χ0v) is 13.9. The summed E-state index contributed by atoms with van der Waals surface area (Å²) in [6.45, 7) is 2.84. The molecule has 2 nitrogen and oxygen atoms in total. The lowest BCUT2D eigenvalue weighted by atomic mass is 10.1. The van der Waals surface area contributed by atoms with Crippen LogP contribution in [0, 0.1) is 0 Å². The van der Waals surface area contributed by atoms with Crippen molar-refractivity contribution in [3.63, 3.8) is 0 Å². The molecule has 0 N–H and O–H groups in total. The van der Waals surface area contributed by atoms with Gasteiger partial charge in [-0.05, 0) is 35.7 Å². The fraction of sp³-hybridized carbons (Fsp3) is 0.150. The maximum absolute atomic E-state index is 5.92. The first-order valence-electron chi connectivity index (χ1n) is 7.69. The highest BCUT2D eigenvalue weighted by molar-refractivity contribution is 6.30. The number of imidazole rings is 1. The summed E-state index contributed by atoms with van der Waals surface area (Å²) in [7, 11) is 0. The summed E-state index contributed by atoms with van der Waals surface area (Å²) in [5.41, 5.74) is 4.80. The van der Waals surface area contributed by atoms with Gasteiger partial charge in [0.05, 0.1) is 12.0 Å². The molecule has 1 aromatic heterocycles. The van der Waals surface area contributed by atoms with Crippen molar-refractivity contribution >= 4 is 17.7 Å². The highest BCUT2D eigenvalue weighted by Gasteiger charge is 2.02. The summed E-state index contributed by atoms with van der Waals surface area (Å²) < 4.78 is 2.11. The Morgan fingerprint density at radius 1 is 1.09 bits per heavy atom. The number of hydrogen-bond donors (Lipinski definition) is 0. The van der Waals surface area contributed by atoms with Crippen LogP contribution in [0.4, 0.5) is 0 Å². The van der Waals surface area contributed by atoms with Gasteiger partial charge in [-0.2, -0.15) is 0 Å². The quantitative estimate of drug-likeness (QED) is 0.630. The molecule has 0 bridgehead atoms. The second-order valence-corrected chi connectivity index (χ2v) is 6.02. The van der Waals surface area contributed by atoms with E-state index < -0.39 is 0 Å². The van der Waals surface area contributed by atoms with Gasteiger partial charge in [-0.15, -0.1) is 0 Å². The van der Waals surface area contributed by atoms with Crippen LogP contribution in [0.3, 0.4) is 0 Å². The van der Waals surface area contributed by atoms with Crippen LogP contribution in [0.15, 0.2) is 67.1 Å². The Hall–Kier alpha value is -2.32. The van der Waals surface area contributed by atoms with Crippen molar-refractivity contribution in [2.75, 3.05) is 0 Å². The number of hydrogen-bond acceptors (Lipinski definition) is 1. The molecule has 3 aromatic rings. The highest BCUT2D eigenvalue weighted by atomic mass is 35.5. The van der Waals surface area contributed by atoms with E-state index >= 15 is 0 Å². The van der Waals surface area contributed by atoms with Crippen molar-refractivity contribution < 1.29 is 0 Å². The first-order chi connectivity index (χ1) is 11.2. The van der Waals surface area contributed by atoms with Crippen LogP contribution in [-0.4, -0.2) is 9.55 Å². The summed E-state index contributed by atoms with van der Waals surface area (Å²) in [6, 6.07) is 16.5. The minimum atomic E-state index is 0.765. The van der Waals surface area contributed by atoms with Crippen LogP contribution in [0.1, 0.15) is 29.3 Å². The molecule has 0 spiro atoms. The van der Waals surface area contributed by atoms with Gasteiger partial charge < -0.3 is 4.57 Å². The molecule has 0 saturated heterocycles. The molecule has 0 aliphatic rings. The molecule has 0 aliphatic heterocycles. The molecule has 0 saturated carbocycles. The fourth-order valence-corrected chi connectivity index (χ4v) is 2.72. The van der Waals surface area contributed by atoms with Gasteiger partial charge in [0.15, 0.2) is 0 Å². The van der Waals surface area contributed by atoms with Crippen molar-refractivity contribution in [2.45, 2.75) is 19.9 Å². The minimum absolute atomic E-state index is 0.765. The molecule has 3 heteroatoms. The molecule has 1 heterocycles. The van der Waals surface area contributed by atoms with Gasteiger partial charge in [0.1, 0.15) is 0 Å². The molecule has 116 valence electrons. The molecule has 0 aliphatic carbocycles. The van der Waals surface area contributed by atoms with Crippen LogP contribution >= 0.6 is 11.6 Å². The van der Waals surface area contributed by atoms with E-state index in [1.165, 1.54) is 16.7 Å². The molecular formula is C20H19ClN2. The van der Waals surface area contributed by atoms with Crippen molar-refractivity contribution in [3.05, 3.63) is 94.5 Å². The average molecular weight is 323 g/mol. The Labute approximate surface area is 142 Å². The molecule has 23 heavy (non-hydrogen) atoms. The van der Waals surface area contributed by atoms with E-state index in [0.29, 0.717) is 0 Å². The van der Waals surface area contributed by atoms with Crippen LogP contribution < -0.4 is 0 Å². The Bertz CT molecular complexity index is 801. The van der Waals surface area contributed by atoms with Crippen molar-refractivity contribution in [1.29, 1.82) is 0 Å². The van der Waals surface area contributed by atoms with E-state index in [-0.39, 0.29) is 0 Å². The first-order valence-corrected chi connectivity index (χ1v) is 8.07. The van der Waals surface area contributed by atoms with Gasteiger partial charge in [-0.3, -0.25) is 0 Å². The Balaban J connectivity index is 1.69. The topological polar surface area (TPSA) is 17.8 Å². The van der Waals surface area contributed by atoms with Crippen LogP contribution in [0.2, 0.25) is 5.02 Å². The molecule has 3 rings (SSSR count). The van der Waals surface area contributed by atoms with Crippen LogP contribution in [0.5, 0.6) is 0 Å². The summed E-state index contributed by atoms with van der Waals surface area (Å²) in [6.07, 6.45) is 9.01. The highest BCUT2D eigenvalue weighted by Crippen LogP contribution is 2.13. The molecule has 0 atom stereocenters. The third kappa shape index (κ3) is 4.33. The van der Waals surface area contributed by atoms with E-state index in [1.807, 2.05) is 37.5 Å². The summed E-state index contributed by atoms with van der Waals surface area (Å²) in [4.78, 5) is 4.52. The maximum atomic E-state index is 5.92. The molecule has 0 radical (unpaired) electrons. The lowest BCUT2D eigenvalue weighted by Gasteiger charge is -2.03. The number of rotatable bonds is 5. The lowest BCUT2D eigenvalue weighted by Crippen LogP contribution is -1.96. The number of allylic oxidation sites excluding steroid dienone is 1. The Kier molecular flexibility index (Phi) is 4.94. The Morgan fingerprint density at radius 2 is 1.91 bits per heavy atom. The van der Waals surface area contributed by atoms with E-state index in [9.17, 15) is 0 Å². The largest absolute Gasteiger partial charge is 0.333 e. The van der Waals surface area contributed by atoms with E-state index in [2.05, 4.69) is 52.2 Å². The Morgan fingerprint density at radius 3 is 2.70 bits per heavy atom. The van der Waals surface area contributed by atoms with Crippen LogP contribution in [-0.2, 0) is 13.0 Å². The minimum Gasteiger partial charge on any atom is -0.333 e. The zero-order chi connectivity index (χ0) is 16.1. The first kappa shape index (κ1) is 15.6. The molecule has 0 amide bonds. The predicted octanol–water partition coefficient (Wildman–Crippen LogP) is 5.21. The number of benzene rings is 2. The normalized spacial score (nSPS) is 11.2. The lowest BCUT2D eigenvalue weighted by molar-refractivity contribution is 0.796. The number of nitrogens with zero attached hydrogens (tertiary/aromatic N) is 2. The summed E-state index contributed by atoms with van der Waals surface area (Å²) in [5.74, 6) is 0. The molecule has 0 unspecified atom stereocenters. The summed E-state index contributed by atoms with van der Waals surface area (Å²) >= 11 is 5.92. The standard InChI is InChI=1S/C20H19ClN2/c1-2-4-16-5-3-6-18(11-16)12-20-14-23(15-22-20)13-17-7-9-19(21)10-8-17/h2-11,14-15H,12-13H2,1H3. The van der Waals surface area contributed by atoms with Gasteiger partial charge in [0.25, 0.3) is 0 Å². The summed E-state index contributed by atoms with van der Waals surface area (Å²) in [5, 5.41) is 0.765. The second kappa shape index (κ2) is 7.30. The average Bonchev–Trinajstić information content (AvgIpc) is 2.97. The zero-order valence-electron chi connectivity index (χ0n) is 13.1. The van der Waals surface area contributed by atoms with E-state index in [0.717, 1.165) is 23.7 Å². The smallest absolute Gasteiger partial charge is 0.0952 e. The fourth-order valence-electron chi connectivity index (χ4n) is 2.59. The monoisotopic (exact) mass is 322 g/mol. The van der Waals surface area contributed by atoms with Gasteiger partial charge in [0, 0.05) is 24.2 Å². The molecule has 0 fully saturated rings. The van der Waals surface area contributed by atoms with Crippen molar-refractivity contribution in [2.24, 2.45) is 0 Å². The number of halogens is 1. The van der Waals surface area contributed by atoms with Crippen molar-refractivity contribution in [3.8, 4) is 0 Å².